The van der Waals surface area contributed by atoms with Gasteiger partial charge in [-0.15, -0.1) is 0 Å². The Morgan fingerprint density at radius 1 is 1.29 bits per heavy atom. The number of hydrogen-bond donors (Lipinski definition) is 2. The Kier molecular flexibility index (Phi) is 6.37. The summed E-state index contributed by atoms with van der Waals surface area (Å²) >= 11 is 6.04. The molecule has 1 aliphatic rings. The van der Waals surface area contributed by atoms with Gasteiger partial charge in [0.15, 0.2) is 0 Å². The summed E-state index contributed by atoms with van der Waals surface area (Å²) < 4.78 is 0. The van der Waals surface area contributed by atoms with Crippen LogP contribution in [0.25, 0.3) is 0 Å². The van der Waals surface area contributed by atoms with E-state index in [2.05, 4.69) is 17.6 Å². The third-order valence-corrected chi connectivity index (χ3v) is 4.30. The second-order valence-electron chi connectivity index (χ2n) is 5.83. The van der Waals surface area contributed by atoms with Crippen LogP contribution in [0.2, 0.25) is 5.02 Å². The summed E-state index contributed by atoms with van der Waals surface area (Å²) in [5.74, 6) is 0.607. The van der Waals surface area contributed by atoms with E-state index in [-0.39, 0.29) is 5.91 Å². The van der Waals surface area contributed by atoms with Gasteiger partial charge in [0.2, 0.25) is 0 Å². The first-order valence-electron chi connectivity index (χ1n) is 8.02. The Balaban J connectivity index is 1.97. The van der Waals surface area contributed by atoms with Crippen molar-refractivity contribution in [1.82, 2.24) is 5.32 Å². The van der Waals surface area contributed by atoms with Gasteiger partial charge in [-0.05, 0) is 43.4 Å². The highest BCUT2D eigenvalue weighted by Gasteiger charge is 2.16. The van der Waals surface area contributed by atoms with E-state index >= 15 is 0 Å². The van der Waals surface area contributed by atoms with Crippen LogP contribution < -0.4 is 10.6 Å². The maximum absolute atomic E-state index is 12.4. The van der Waals surface area contributed by atoms with E-state index in [0.717, 1.165) is 25.2 Å². The van der Waals surface area contributed by atoms with E-state index in [9.17, 15) is 4.79 Å². The molecule has 2 N–H and O–H groups in total. The molecule has 0 bridgehead atoms. The molecule has 0 radical (unpaired) electrons. The summed E-state index contributed by atoms with van der Waals surface area (Å²) in [6.07, 6.45) is 7.41. The SMILES string of the molecule is CCCNc1ccc(Cl)cc1C(=O)NCC1CCCCC1. The molecule has 3 nitrogen and oxygen atoms in total. The van der Waals surface area contributed by atoms with E-state index in [1.54, 1.807) is 6.07 Å². The summed E-state index contributed by atoms with van der Waals surface area (Å²) in [7, 11) is 0. The van der Waals surface area contributed by atoms with Gasteiger partial charge in [-0.25, -0.2) is 0 Å². The normalized spacial score (nSPS) is 15.7. The molecule has 1 amide bonds. The van der Waals surface area contributed by atoms with Crippen molar-refractivity contribution in [3.8, 4) is 0 Å². The van der Waals surface area contributed by atoms with Crippen LogP contribution in [0.15, 0.2) is 18.2 Å². The lowest BCUT2D eigenvalue weighted by molar-refractivity contribution is 0.0944. The lowest BCUT2D eigenvalue weighted by Crippen LogP contribution is -2.30. The fourth-order valence-corrected chi connectivity index (χ4v) is 3.01. The molecule has 4 heteroatoms. The van der Waals surface area contributed by atoms with Gasteiger partial charge in [-0.3, -0.25) is 4.79 Å². The first-order valence-corrected chi connectivity index (χ1v) is 8.40. The van der Waals surface area contributed by atoms with Crippen molar-refractivity contribution in [2.75, 3.05) is 18.4 Å². The molecule has 1 aliphatic carbocycles. The van der Waals surface area contributed by atoms with Gasteiger partial charge in [0.25, 0.3) is 5.91 Å². The Morgan fingerprint density at radius 3 is 2.76 bits per heavy atom. The number of amides is 1. The number of rotatable bonds is 6. The second kappa shape index (κ2) is 8.28. The minimum Gasteiger partial charge on any atom is -0.384 e. The van der Waals surface area contributed by atoms with Gasteiger partial charge in [-0.2, -0.15) is 0 Å². The minimum atomic E-state index is -0.0262. The number of halogens is 1. The van der Waals surface area contributed by atoms with Crippen LogP contribution in [0, 0.1) is 5.92 Å². The van der Waals surface area contributed by atoms with Crippen molar-refractivity contribution < 1.29 is 4.79 Å². The summed E-state index contributed by atoms with van der Waals surface area (Å²) in [6.45, 7) is 3.73. The molecule has 0 unspecified atom stereocenters. The van der Waals surface area contributed by atoms with Crippen LogP contribution in [0.1, 0.15) is 55.8 Å². The first-order chi connectivity index (χ1) is 10.2. The van der Waals surface area contributed by atoms with Crippen LogP contribution in [0.3, 0.4) is 0 Å². The van der Waals surface area contributed by atoms with E-state index in [0.29, 0.717) is 16.5 Å². The summed E-state index contributed by atoms with van der Waals surface area (Å²) in [4.78, 5) is 12.4. The molecule has 0 spiro atoms. The van der Waals surface area contributed by atoms with E-state index in [1.807, 2.05) is 12.1 Å². The van der Waals surface area contributed by atoms with Gasteiger partial charge >= 0.3 is 0 Å². The standard InChI is InChI=1S/C17H25ClN2O/c1-2-10-19-16-9-8-14(18)11-15(16)17(21)20-12-13-6-4-3-5-7-13/h8-9,11,13,19H,2-7,10,12H2,1H3,(H,20,21). The fourth-order valence-electron chi connectivity index (χ4n) is 2.84. The smallest absolute Gasteiger partial charge is 0.253 e. The van der Waals surface area contributed by atoms with Crippen LogP contribution >= 0.6 is 11.6 Å². The largest absolute Gasteiger partial charge is 0.384 e. The molecule has 1 fully saturated rings. The Bertz CT molecular complexity index is 470. The predicted octanol–water partition coefficient (Wildman–Crippen LogP) is 4.47. The number of hydrogen-bond acceptors (Lipinski definition) is 2. The van der Waals surface area contributed by atoms with Gasteiger partial charge in [0.1, 0.15) is 0 Å². The van der Waals surface area contributed by atoms with E-state index in [4.69, 9.17) is 11.6 Å². The summed E-state index contributed by atoms with van der Waals surface area (Å²) in [5, 5.41) is 6.96. The minimum absolute atomic E-state index is 0.0262. The molecule has 116 valence electrons. The molecular weight excluding hydrogens is 284 g/mol. The van der Waals surface area contributed by atoms with Gasteiger partial charge in [-0.1, -0.05) is 37.8 Å². The number of anilines is 1. The van der Waals surface area contributed by atoms with Crippen LogP contribution in [0.4, 0.5) is 5.69 Å². The zero-order valence-electron chi connectivity index (χ0n) is 12.8. The van der Waals surface area contributed by atoms with Crippen molar-refractivity contribution in [3.05, 3.63) is 28.8 Å². The molecule has 0 saturated heterocycles. The summed E-state index contributed by atoms with van der Waals surface area (Å²) in [6, 6.07) is 5.45. The van der Waals surface area contributed by atoms with Crippen LogP contribution in [-0.2, 0) is 0 Å². The average molecular weight is 309 g/mol. The Morgan fingerprint density at radius 2 is 2.05 bits per heavy atom. The van der Waals surface area contributed by atoms with Crippen molar-refractivity contribution in [1.29, 1.82) is 0 Å². The van der Waals surface area contributed by atoms with E-state index < -0.39 is 0 Å². The van der Waals surface area contributed by atoms with Crippen molar-refractivity contribution in [2.45, 2.75) is 45.4 Å². The number of carbonyl (C=O) groups is 1. The van der Waals surface area contributed by atoms with E-state index in [1.165, 1.54) is 32.1 Å². The van der Waals surface area contributed by atoms with Crippen molar-refractivity contribution in [2.24, 2.45) is 5.92 Å². The summed E-state index contributed by atoms with van der Waals surface area (Å²) in [5.41, 5.74) is 1.51. The molecule has 2 rings (SSSR count). The fraction of sp³-hybridized carbons (Fsp3) is 0.588. The predicted molar refractivity (Wildman–Crippen MR) is 89.1 cm³/mol. The number of benzene rings is 1. The third kappa shape index (κ3) is 4.92. The first kappa shape index (κ1) is 16.2. The molecule has 0 aliphatic heterocycles. The molecule has 0 aromatic heterocycles. The lowest BCUT2D eigenvalue weighted by Gasteiger charge is -2.22. The zero-order chi connectivity index (χ0) is 15.1. The average Bonchev–Trinajstić information content (AvgIpc) is 2.52. The van der Waals surface area contributed by atoms with Crippen molar-refractivity contribution >= 4 is 23.2 Å². The van der Waals surface area contributed by atoms with Gasteiger partial charge < -0.3 is 10.6 Å². The number of nitrogens with one attached hydrogen (secondary N) is 2. The number of carbonyl (C=O) groups excluding carboxylic acids is 1. The Labute approximate surface area is 132 Å². The highest BCUT2D eigenvalue weighted by molar-refractivity contribution is 6.31. The monoisotopic (exact) mass is 308 g/mol. The lowest BCUT2D eigenvalue weighted by atomic mass is 9.89. The maximum atomic E-state index is 12.4. The van der Waals surface area contributed by atoms with Crippen molar-refractivity contribution in [3.63, 3.8) is 0 Å². The molecule has 1 saturated carbocycles. The molecule has 0 heterocycles. The quantitative estimate of drug-likeness (QED) is 0.814. The molecular formula is C17H25ClN2O. The topological polar surface area (TPSA) is 41.1 Å². The second-order valence-corrected chi connectivity index (χ2v) is 6.27. The molecule has 1 aromatic rings. The maximum Gasteiger partial charge on any atom is 0.253 e. The van der Waals surface area contributed by atoms with Gasteiger partial charge in [0, 0.05) is 23.8 Å². The third-order valence-electron chi connectivity index (χ3n) is 4.07. The van der Waals surface area contributed by atoms with Gasteiger partial charge in [0.05, 0.1) is 5.56 Å². The Hall–Kier alpha value is -1.22. The van der Waals surface area contributed by atoms with Crippen LogP contribution in [0.5, 0.6) is 0 Å². The molecule has 21 heavy (non-hydrogen) atoms. The molecule has 0 atom stereocenters. The van der Waals surface area contributed by atoms with Crippen LogP contribution in [-0.4, -0.2) is 19.0 Å². The zero-order valence-corrected chi connectivity index (χ0v) is 13.5. The molecule has 1 aromatic carbocycles. The highest BCUT2D eigenvalue weighted by Crippen LogP contribution is 2.24. The highest BCUT2D eigenvalue weighted by atomic mass is 35.5.